The van der Waals surface area contributed by atoms with Gasteiger partial charge in [-0.15, -0.1) is 0 Å². The lowest BCUT2D eigenvalue weighted by Gasteiger charge is -2.41. The number of hydrogen-bond donors (Lipinski definition) is 1. The van der Waals surface area contributed by atoms with Crippen LogP contribution in [0, 0.1) is 19.3 Å². The monoisotopic (exact) mass is 641 g/mol. The molecule has 6 rings (SSSR count). The lowest BCUT2D eigenvalue weighted by molar-refractivity contribution is -0.160. The van der Waals surface area contributed by atoms with E-state index in [1.807, 2.05) is 52.8 Å². The van der Waals surface area contributed by atoms with Gasteiger partial charge in [-0.25, -0.2) is 14.8 Å². The molecule has 1 saturated heterocycles. The number of carbonyl (C=O) groups is 1. The normalized spacial score (nSPS) is 17.2. The summed E-state index contributed by atoms with van der Waals surface area (Å²) in [4.78, 5) is 31.7. The molecule has 1 atom stereocenters. The molecule has 0 amide bonds. The second kappa shape index (κ2) is 12.1. The van der Waals surface area contributed by atoms with Crippen molar-refractivity contribution in [3.8, 4) is 11.1 Å². The van der Waals surface area contributed by atoms with Crippen molar-refractivity contribution in [3.05, 3.63) is 75.7 Å². The Morgan fingerprint density at radius 3 is 2.43 bits per heavy atom. The van der Waals surface area contributed by atoms with E-state index in [9.17, 15) is 9.90 Å². The van der Waals surface area contributed by atoms with E-state index in [1.165, 1.54) is 11.1 Å². The number of aliphatic carboxylic acids is 1. The number of nitrogens with zero attached hydrogens (tertiary/aromatic N) is 5. The maximum atomic E-state index is 12.8. The van der Waals surface area contributed by atoms with Crippen LogP contribution >= 0.6 is 11.6 Å². The fourth-order valence-corrected chi connectivity index (χ4v) is 7.07. The maximum absolute atomic E-state index is 12.8. The summed E-state index contributed by atoms with van der Waals surface area (Å²) in [6, 6.07) is 12.4. The molecule has 242 valence electrons. The molecule has 3 aromatic heterocycles. The predicted molar refractivity (Wildman–Crippen MR) is 185 cm³/mol. The minimum Gasteiger partial charge on any atom is -0.479 e. The lowest BCUT2D eigenvalue weighted by Crippen LogP contribution is -2.39. The number of anilines is 2. The van der Waals surface area contributed by atoms with Crippen molar-refractivity contribution in [1.82, 2.24) is 15.0 Å². The first-order chi connectivity index (χ1) is 21.7. The van der Waals surface area contributed by atoms with Crippen LogP contribution in [0.5, 0.6) is 0 Å². The van der Waals surface area contributed by atoms with Crippen LogP contribution in [-0.2, 0) is 22.5 Å². The number of carboxylic acid groups (broad SMARTS) is 1. The fourth-order valence-electron chi connectivity index (χ4n) is 6.83. The molecule has 0 saturated carbocycles. The fraction of sp³-hybridized carbons (Fsp3) is 0.459. The van der Waals surface area contributed by atoms with E-state index in [0.717, 1.165) is 72.6 Å². The van der Waals surface area contributed by atoms with Crippen LogP contribution in [0.2, 0.25) is 5.02 Å². The molecule has 46 heavy (non-hydrogen) atoms. The number of halogens is 1. The zero-order valence-corrected chi connectivity index (χ0v) is 28.7. The molecular weight excluding hydrogens is 598 g/mol. The molecule has 2 aliphatic heterocycles. The summed E-state index contributed by atoms with van der Waals surface area (Å²) < 4.78 is 6.26. The van der Waals surface area contributed by atoms with Crippen LogP contribution in [0.1, 0.15) is 81.6 Å². The number of aromatic nitrogens is 3. The topological polar surface area (TPSA) is 91.7 Å². The number of ether oxygens (including phenoxy) is 1. The summed E-state index contributed by atoms with van der Waals surface area (Å²) in [5, 5.41) is 12.0. The van der Waals surface area contributed by atoms with Crippen molar-refractivity contribution >= 4 is 40.1 Å². The van der Waals surface area contributed by atoms with Crippen LogP contribution < -0.4 is 9.80 Å². The Morgan fingerprint density at radius 2 is 1.74 bits per heavy atom. The first-order valence-corrected chi connectivity index (χ1v) is 16.5. The second-order valence-corrected chi connectivity index (χ2v) is 14.9. The summed E-state index contributed by atoms with van der Waals surface area (Å²) in [6.07, 6.45) is 3.48. The first-order valence-electron chi connectivity index (χ1n) is 16.2. The molecule has 8 nitrogen and oxygen atoms in total. The Kier molecular flexibility index (Phi) is 8.49. The summed E-state index contributed by atoms with van der Waals surface area (Å²) >= 11 is 6.62. The van der Waals surface area contributed by atoms with Gasteiger partial charge in [0.2, 0.25) is 0 Å². The molecular formula is C37H44ClN5O3. The number of fused-ring (bicyclic) bond motifs is 2. The molecule has 0 radical (unpaired) electrons. The number of carboxylic acids is 1. The number of benzene rings is 1. The summed E-state index contributed by atoms with van der Waals surface area (Å²) in [6.45, 7) is 17.4. The summed E-state index contributed by atoms with van der Waals surface area (Å²) in [5.41, 5.74) is 7.95. The van der Waals surface area contributed by atoms with Crippen LogP contribution in [-0.4, -0.2) is 51.3 Å². The van der Waals surface area contributed by atoms with E-state index in [-0.39, 0.29) is 5.41 Å². The molecule has 0 spiro atoms. The highest BCUT2D eigenvalue weighted by molar-refractivity contribution is 6.35. The van der Waals surface area contributed by atoms with Crippen molar-refractivity contribution < 1.29 is 14.6 Å². The van der Waals surface area contributed by atoms with E-state index in [1.54, 1.807) is 6.20 Å². The third-order valence-corrected chi connectivity index (χ3v) is 9.63. The van der Waals surface area contributed by atoms with Gasteiger partial charge in [0.05, 0.1) is 16.3 Å². The molecule has 0 bridgehead atoms. The zero-order valence-electron chi connectivity index (χ0n) is 27.9. The predicted octanol–water partition coefficient (Wildman–Crippen LogP) is 8.09. The molecule has 2 aliphatic rings. The van der Waals surface area contributed by atoms with Crippen molar-refractivity contribution in [3.63, 3.8) is 0 Å². The van der Waals surface area contributed by atoms with Crippen LogP contribution in [0.25, 0.3) is 22.2 Å². The van der Waals surface area contributed by atoms with E-state index in [0.29, 0.717) is 28.5 Å². The SMILES string of the molecule is Cc1nc(C)c([C@H](OC(C)(C)C)C(=O)O)c(N2CCC(C)(C)CC2)c1-c1ccc2c(c1)CCN(c1cc(Cl)c3cccnc3n1)C2. The minimum absolute atomic E-state index is 0.236. The Hall–Kier alpha value is -3.75. The highest BCUT2D eigenvalue weighted by atomic mass is 35.5. The molecule has 1 N–H and O–H groups in total. The first kappa shape index (κ1) is 32.2. The number of rotatable bonds is 6. The van der Waals surface area contributed by atoms with Gasteiger partial charge in [0.1, 0.15) is 5.82 Å². The van der Waals surface area contributed by atoms with Gasteiger partial charge in [-0.3, -0.25) is 4.98 Å². The zero-order chi connectivity index (χ0) is 33.0. The van der Waals surface area contributed by atoms with Gasteiger partial charge in [0.25, 0.3) is 0 Å². The van der Waals surface area contributed by atoms with Crippen molar-refractivity contribution in [1.29, 1.82) is 0 Å². The number of aryl methyl sites for hydroxylation is 2. The number of pyridine rings is 3. The third-order valence-electron chi connectivity index (χ3n) is 9.32. The van der Waals surface area contributed by atoms with Crippen molar-refractivity contribution in [2.75, 3.05) is 29.4 Å². The second-order valence-electron chi connectivity index (χ2n) is 14.5. The van der Waals surface area contributed by atoms with Gasteiger partial charge in [-0.2, -0.15) is 0 Å². The molecule has 5 heterocycles. The maximum Gasteiger partial charge on any atom is 0.337 e. The number of hydrogen-bond acceptors (Lipinski definition) is 7. The third kappa shape index (κ3) is 6.42. The smallest absolute Gasteiger partial charge is 0.337 e. The van der Waals surface area contributed by atoms with E-state index < -0.39 is 17.7 Å². The van der Waals surface area contributed by atoms with Gasteiger partial charge in [0, 0.05) is 66.3 Å². The quantitative estimate of drug-likeness (QED) is 0.226. The average Bonchev–Trinajstić information content (AvgIpc) is 2.99. The number of piperidine rings is 1. The highest BCUT2D eigenvalue weighted by Crippen LogP contribution is 2.45. The summed E-state index contributed by atoms with van der Waals surface area (Å²) in [5.74, 6) is -0.181. The standard InChI is InChI=1S/C37H44ClN5O3/c1-22-30(32(42-17-13-37(6,7)14-18-42)31(23(2)40-22)33(35(44)45)46-36(3,4)5)25-10-11-26-21-43(16-12-24(26)19-25)29-20-28(38)27-9-8-15-39-34(27)41-29/h8-11,15,19-20,33H,12-14,16-18,21H2,1-7H3,(H,44,45)/t33-/m0/s1. The van der Waals surface area contributed by atoms with E-state index in [2.05, 4.69) is 46.8 Å². The molecule has 1 aromatic carbocycles. The van der Waals surface area contributed by atoms with Crippen molar-refractivity contribution in [2.24, 2.45) is 5.41 Å². The van der Waals surface area contributed by atoms with Gasteiger partial charge in [-0.1, -0.05) is 43.6 Å². The highest BCUT2D eigenvalue weighted by Gasteiger charge is 2.36. The van der Waals surface area contributed by atoms with Crippen LogP contribution in [0.4, 0.5) is 11.5 Å². The molecule has 0 aliphatic carbocycles. The Labute approximate surface area is 276 Å². The Bertz CT molecular complexity index is 1810. The van der Waals surface area contributed by atoms with Gasteiger partial charge in [0.15, 0.2) is 11.8 Å². The largest absolute Gasteiger partial charge is 0.479 e. The molecule has 0 unspecified atom stereocenters. The minimum atomic E-state index is -1.14. The Morgan fingerprint density at radius 1 is 1.00 bits per heavy atom. The average molecular weight is 642 g/mol. The molecule has 9 heteroatoms. The van der Waals surface area contributed by atoms with Crippen molar-refractivity contribution in [2.45, 2.75) is 86.0 Å². The summed E-state index contributed by atoms with van der Waals surface area (Å²) in [7, 11) is 0. The lowest BCUT2D eigenvalue weighted by atomic mass is 9.81. The van der Waals surface area contributed by atoms with E-state index >= 15 is 0 Å². The van der Waals surface area contributed by atoms with Crippen LogP contribution in [0.3, 0.4) is 0 Å². The molecule has 1 fully saturated rings. The van der Waals surface area contributed by atoms with E-state index in [4.69, 9.17) is 26.3 Å². The van der Waals surface area contributed by atoms with Gasteiger partial charge in [-0.05, 0) is 88.1 Å². The van der Waals surface area contributed by atoms with Gasteiger partial charge < -0.3 is 19.6 Å². The Balaban J connectivity index is 1.42. The van der Waals surface area contributed by atoms with Gasteiger partial charge >= 0.3 is 5.97 Å². The molecule has 4 aromatic rings. The van der Waals surface area contributed by atoms with Crippen LogP contribution in [0.15, 0.2) is 42.6 Å².